The van der Waals surface area contributed by atoms with E-state index in [-0.39, 0.29) is 17.9 Å². The van der Waals surface area contributed by atoms with Gasteiger partial charge >= 0.3 is 0 Å². The number of benzene rings is 1. The molecule has 1 aromatic heterocycles. The van der Waals surface area contributed by atoms with Gasteiger partial charge in [0.05, 0.1) is 25.3 Å². The highest BCUT2D eigenvalue weighted by Gasteiger charge is 2.46. The average molecular weight is 401 g/mol. The molecule has 1 atom stereocenters. The maximum atomic E-state index is 12.9. The Kier molecular flexibility index (Phi) is 5.86. The van der Waals surface area contributed by atoms with Gasteiger partial charge in [-0.15, -0.1) is 11.3 Å². The molecule has 3 rings (SSSR count). The van der Waals surface area contributed by atoms with Crippen LogP contribution in [0, 0.1) is 13.8 Å². The smallest absolute Gasteiger partial charge is 0.295 e. The van der Waals surface area contributed by atoms with E-state index < -0.39 is 17.7 Å². The van der Waals surface area contributed by atoms with Crippen molar-refractivity contribution in [2.24, 2.45) is 0 Å². The molecule has 1 fully saturated rings. The van der Waals surface area contributed by atoms with Gasteiger partial charge in [0.2, 0.25) is 0 Å². The maximum absolute atomic E-state index is 12.9. The van der Waals surface area contributed by atoms with Crippen LogP contribution in [-0.2, 0) is 14.3 Å². The minimum absolute atomic E-state index is 0.111. The van der Waals surface area contributed by atoms with Crippen molar-refractivity contribution in [3.8, 4) is 5.75 Å². The first-order valence-corrected chi connectivity index (χ1v) is 9.75. The quantitative estimate of drug-likeness (QED) is 0.456. The molecule has 1 aromatic carbocycles. The van der Waals surface area contributed by atoms with E-state index in [2.05, 4.69) is 0 Å². The van der Waals surface area contributed by atoms with E-state index in [9.17, 15) is 14.7 Å². The number of hydrogen-bond acceptors (Lipinski definition) is 6. The summed E-state index contributed by atoms with van der Waals surface area (Å²) in [6, 6.07) is 6.51. The molecule has 0 spiro atoms. The number of amides is 1. The fourth-order valence-electron chi connectivity index (χ4n) is 3.41. The molecule has 1 aliphatic rings. The third-order valence-corrected chi connectivity index (χ3v) is 5.99. The highest BCUT2D eigenvalue weighted by Crippen LogP contribution is 2.42. The summed E-state index contributed by atoms with van der Waals surface area (Å²) in [4.78, 5) is 27.9. The summed E-state index contributed by atoms with van der Waals surface area (Å²) >= 11 is 1.46. The molecular weight excluding hydrogens is 378 g/mol. The van der Waals surface area contributed by atoms with Crippen LogP contribution in [0.2, 0.25) is 0 Å². The summed E-state index contributed by atoms with van der Waals surface area (Å²) in [6.07, 6.45) is 0. The minimum Gasteiger partial charge on any atom is -0.507 e. The Bertz CT molecular complexity index is 946. The lowest BCUT2D eigenvalue weighted by Crippen LogP contribution is -2.32. The topological polar surface area (TPSA) is 76.1 Å². The number of carbonyl (C=O) groups excluding carboxylic acids is 2. The molecule has 6 nitrogen and oxygen atoms in total. The summed E-state index contributed by atoms with van der Waals surface area (Å²) in [7, 11) is 3.11. The molecule has 1 aliphatic heterocycles. The summed E-state index contributed by atoms with van der Waals surface area (Å²) < 4.78 is 10.3. The zero-order valence-corrected chi connectivity index (χ0v) is 17.1. The standard InChI is InChI=1S/C21H23NO5S/c1-12-7-10-28-20(12)17-16(19(24)21(25)22(17)8-9-26-3)18(23)15-6-5-14(27-4)11-13(15)2/h5-7,10-11,17,23H,8-9H2,1-4H3/b18-16+. The SMILES string of the molecule is COCCN1C(=O)C(=O)/C(=C(/O)c2ccc(OC)cc2C)C1c1sccc1C. The van der Waals surface area contributed by atoms with Crippen LogP contribution in [0.5, 0.6) is 5.75 Å². The number of aliphatic hydroxyl groups is 1. The van der Waals surface area contributed by atoms with Crippen molar-refractivity contribution < 1.29 is 24.2 Å². The molecule has 0 radical (unpaired) electrons. The van der Waals surface area contributed by atoms with Crippen LogP contribution in [0.3, 0.4) is 0 Å². The second kappa shape index (κ2) is 8.16. The lowest BCUT2D eigenvalue weighted by molar-refractivity contribution is -0.140. The van der Waals surface area contributed by atoms with Crippen LogP contribution in [0.15, 0.2) is 35.2 Å². The van der Waals surface area contributed by atoms with Gasteiger partial charge in [0, 0.05) is 24.1 Å². The third kappa shape index (κ3) is 3.43. The molecule has 2 aromatic rings. The largest absolute Gasteiger partial charge is 0.507 e. The zero-order valence-electron chi connectivity index (χ0n) is 16.3. The van der Waals surface area contributed by atoms with Gasteiger partial charge in [-0.3, -0.25) is 9.59 Å². The molecule has 148 valence electrons. The molecule has 0 bridgehead atoms. The van der Waals surface area contributed by atoms with Gasteiger partial charge in [0.1, 0.15) is 11.5 Å². The average Bonchev–Trinajstić information content (AvgIpc) is 3.20. The molecule has 1 unspecified atom stereocenters. The number of hydrogen-bond donors (Lipinski definition) is 1. The minimum atomic E-state index is -0.679. The Morgan fingerprint density at radius 1 is 1.18 bits per heavy atom. The maximum Gasteiger partial charge on any atom is 0.295 e. The van der Waals surface area contributed by atoms with E-state index in [4.69, 9.17) is 9.47 Å². The molecular formula is C21H23NO5S. The Hall–Kier alpha value is -2.64. The molecule has 1 amide bonds. The van der Waals surface area contributed by atoms with Crippen molar-refractivity contribution in [1.82, 2.24) is 4.90 Å². The van der Waals surface area contributed by atoms with Crippen molar-refractivity contribution >= 4 is 28.8 Å². The van der Waals surface area contributed by atoms with Gasteiger partial charge in [-0.2, -0.15) is 0 Å². The first kappa shape index (κ1) is 20.1. The van der Waals surface area contributed by atoms with Crippen LogP contribution in [-0.4, -0.2) is 49.1 Å². The molecule has 0 saturated carbocycles. The van der Waals surface area contributed by atoms with Gasteiger partial charge in [0.25, 0.3) is 11.7 Å². The van der Waals surface area contributed by atoms with E-state index in [0.29, 0.717) is 17.9 Å². The summed E-state index contributed by atoms with van der Waals surface area (Å²) in [6.45, 7) is 4.32. The molecule has 2 heterocycles. The monoisotopic (exact) mass is 401 g/mol. The molecule has 1 saturated heterocycles. The number of aliphatic hydroxyl groups excluding tert-OH is 1. The summed E-state index contributed by atoms with van der Waals surface area (Å²) in [5.41, 5.74) is 2.34. The van der Waals surface area contributed by atoms with E-state index in [1.807, 2.05) is 25.3 Å². The predicted octanol–water partition coefficient (Wildman–Crippen LogP) is 3.44. The second-order valence-electron chi connectivity index (χ2n) is 6.63. The number of rotatable bonds is 6. The summed E-state index contributed by atoms with van der Waals surface area (Å²) in [5, 5.41) is 13.0. The van der Waals surface area contributed by atoms with Crippen LogP contribution in [0.25, 0.3) is 5.76 Å². The molecule has 7 heteroatoms. The van der Waals surface area contributed by atoms with Crippen molar-refractivity contribution in [1.29, 1.82) is 0 Å². The number of nitrogens with zero attached hydrogens (tertiary/aromatic N) is 1. The van der Waals surface area contributed by atoms with Gasteiger partial charge in [-0.05, 0) is 54.6 Å². The first-order valence-electron chi connectivity index (χ1n) is 8.87. The van der Waals surface area contributed by atoms with Crippen molar-refractivity contribution in [2.75, 3.05) is 27.4 Å². The highest BCUT2D eigenvalue weighted by atomic mass is 32.1. The molecule has 0 aliphatic carbocycles. The van der Waals surface area contributed by atoms with Gasteiger partial charge in [0.15, 0.2) is 0 Å². The fraction of sp³-hybridized carbons (Fsp3) is 0.333. The van der Waals surface area contributed by atoms with E-state index in [0.717, 1.165) is 16.0 Å². The number of likely N-dealkylation sites (tertiary alicyclic amines) is 1. The number of carbonyl (C=O) groups is 2. The number of thiophene rings is 1. The molecule has 28 heavy (non-hydrogen) atoms. The Morgan fingerprint density at radius 3 is 2.50 bits per heavy atom. The summed E-state index contributed by atoms with van der Waals surface area (Å²) in [5.74, 6) is -0.819. The number of ether oxygens (including phenoxy) is 2. The zero-order chi connectivity index (χ0) is 20.4. The van der Waals surface area contributed by atoms with Crippen LogP contribution < -0.4 is 4.74 Å². The lowest BCUT2D eigenvalue weighted by Gasteiger charge is -2.24. The lowest BCUT2D eigenvalue weighted by atomic mass is 9.96. The number of Topliss-reactive ketones (excluding diaryl/α,β-unsaturated/α-hetero) is 1. The fourth-order valence-corrected chi connectivity index (χ4v) is 4.46. The Morgan fingerprint density at radius 2 is 1.93 bits per heavy atom. The highest BCUT2D eigenvalue weighted by molar-refractivity contribution is 7.10. The molecule has 1 N–H and O–H groups in total. The second-order valence-corrected chi connectivity index (χ2v) is 7.58. The first-order chi connectivity index (χ1) is 13.4. The number of ketones is 1. The van der Waals surface area contributed by atoms with E-state index >= 15 is 0 Å². The number of methoxy groups -OCH3 is 2. The van der Waals surface area contributed by atoms with E-state index in [1.165, 1.54) is 16.2 Å². The van der Waals surface area contributed by atoms with Gasteiger partial charge in [-0.25, -0.2) is 0 Å². The van der Waals surface area contributed by atoms with Crippen molar-refractivity contribution in [2.45, 2.75) is 19.9 Å². The Balaban J connectivity index is 2.18. The van der Waals surface area contributed by atoms with Gasteiger partial charge in [-0.1, -0.05) is 0 Å². The van der Waals surface area contributed by atoms with Crippen molar-refractivity contribution in [3.05, 3.63) is 56.8 Å². The third-order valence-electron chi connectivity index (χ3n) is 4.92. The van der Waals surface area contributed by atoms with Crippen LogP contribution in [0.4, 0.5) is 0 Å². The normalized spacial score (nSPS) is 18.7. The van der Waals surface area contributed by atoms with Crippen molar-refractivity contribution in [3.63, 3.8) is 0 Å². The Labute approximate surface area is 168 Å². The van der Waals surface area contributed by atoms with Crippen LogP contribution in [0.1, 0.15) is 27.6 Å². The number of aryl methyl sites for hydroxylation is 2. The van der Waals surface area contributed by atoms with E-state index in [1.54, 1.807) is 32.4 Å². The predicted molar refractivity (Wildman–Crippen MR) is 108 cm³/mol. The van der Waals surface area contributed by atoms with Gasteiger partial charge < -0.3 is 19.5 Å². The van der Waals surface area contributed by atoms with Crippen LogP contribution >= 0.6 is 11.3 Å².